The number of benzene rings is 9. The number of rotatable bonds is 6. The van der Waals surface area contributed by atoms with Gasteiger partial charge in [-0.3, -0.25) is 0 Å². The van der Waals surface area contributed by atoms with Crippen molar-refractivity contribution in [3.05, 3.63) is 218 Å². The SMILES string of the molecule is c1ccc(-c2ccc3c(c2)c2ccccc2n3-c2ccccc2-c2ccccc2-c2cccc3c4cccc(-c5ccccc5)c4n(-c4ccccc4)c23)cc1. The van der Waals surface area contributed by atoms with Crippen LogP contribution in [0.25, 0.3) is 99.5 Å². The van der Waals surface area contributed by atoms with Crippen molar-refractivity contribution >= 4 is 43.6 Å². The molecule has 2 heterocycles. The van der Waals surface area contributed by atoms with Gasteiger partial charge in [-0.15, -0.1) is 0 Å². The highest BCUT2D eigenvalue weighted by Gasteiger charge is 2.22. The van der Waals surface area contributed by atoms with Crippen molar-refractivity contribution in [3.8, 4) is 55.9 Å². The highest BCUT2D eigenvalue weighted by molar-refractivity contribution is 6.18. The first kappa shape index (κ1) is 32.0. The molecule has 0 aliphatic carbocycles. The Morgan fingerprint density at radius 3 is 1.48 bits per heavy atom. The zero-order valence-electron chi connectivity index (χ0n) is 30.7. The average molecular weight is 713 g/mol. The Morgan fingerprint density at radius 1 is 0.250 bits per heavy atom. The smallest absolute Gasteiger partial charge is 0.0619 e. The molecule has 2 nitrogen and oxygen atoms in total. The topological polar surface area (TPSA) is 9.86 Å². The number of fused-ring (bicyclic) bond motifs is 6. The molecule has 0 aliphatic rings. The van der Waals surface area contributed by atoms with Gasteiger partial charge in [-0.25, -0.2) is 0 Å². The van der Waals surface area contributed by atoms with Crippen LogP contribution < -0.4 is 0 Å². The van der Waals surface area contributed by atoms with Gasteiger partial charge in [-0.1, -0.05) is 182 Å². The van der Waals surface area contributed by atoms with Crippen LogP contribution in [0.15, 0.2) is 218 Å². The molecular weight excluding hydrogens is 677 g/mol. The summed E-state index contributed by atoms with van der Waals surface area (Å²) in [7, 11) is 0. The highest BCUT2D eigenvalue weighted by Crippen LogP contribution is 2.45. The third kappa shape index (κ3) is 5.04. The van der Waals surface area contributed by atoms with Gasteiger partial charge >= 0.3 is 0 Å². The zero-order valence-corrected chi connectivity index (χ0v) is 30.7. The Bertz CT molecular complexity index is 3220. The molecule has 0 radical (unpaired) electrons. The lowest BCUT2D eigenvalue weighted by Crippen LogP contribution is -1.99. The first-order chi connectivity index (χ1) is 27.8. The lowest BCUT2D eigenvalue weighted by Gasteiger charge is -2.18. The summed E-state index contributed by atoms with van der Waals surface area (Å²) < 4.78 is 4.95. The normalized spacial score (nSPS) is 11.6. The Kier molecular flexibility index (Phi) is 7.53. The molecule has 0 saturated heterocycles. The van der Waals surface area contributed by atoms with Crippen molar-refractivity contribution in [1.29, 1.82) is 0 Å². The van der Waals surface area contributed by atoms with Crippen molar-refractivity contribution in [2.75, 3.05) is 0 Å². The lowest BCUT2D eigenvalue weighted by molar-refractivity contribution is 1.18. The molecule has 0 N–H and O–H groups in total. The van der Waals surface area contributed by atoms with Gasteiger partial charge in [0.25, 0.3) is 0 Å². The summed E-state index contributed by atoms with van der Waals surface area (Å²) in [5.41, 5.74) is 16.7. The second-order valence-electron chi connectivity index (χ2n) is 14.5. The van der Waals surface area contributed by atoms with Gasteiger partial charge < -0.3 is 9.13 Å². The van der Waals surface area contributed by atoms with Gasteiger partial charge in [0.2, 0.25) is 0 Å². The lowest BCUT2D eigenvalue weighted by atomic mass is 9.92. The number of aromatic nitrogens is 2. The van der Waals surface area contributed by atoms with Crippen LogP contribution in [-0.2, 0) is 0 Å². The molecule has 0 aliphatic heterocycles. The number of hydrogen-bond acceptors (Lipinski definition) is 0. The molecular formula is C54H36N2. The van der Waals surface area contributed by atoms with E-state index in [1.165, 1.54) is 88.1 Å². The minimum absolute atomic E-state index is 1.14. The number of nitrogens with zero attached hydrogens (tertiary/aromatic N) is 2. The monoisotopic (exact) mass is 712 g/mol. The molecule has 0 amide bonds. The number of para-hydroxylation sites is 5. The van der Waals surface area contributed by atoms with Crippen molar-refractivity contribution in [1.82, 2.24) is 9.13 Å². The fraction of sp³-hybridized carbons (Fsp3) is 0. The summed E-state index contributed by atoms with van der Waals surface area (Å²) in [4.78, 5) is 0. The molecule has 0 bridgehead atoms. The molecule has 0 spiro atoms. The number of hydrogen-bond donors (Lipinski definition) is 0. The molecule has 0 fully saturated rings. The van der Waals surface area contributed by atoms with E-state index < -0.39 is 0 Å². The first-order valence-corrected chi connectivity index (χ1v) is 19.3. The van der Waals surface area contributed by atoms with E-state index in [4.69, 9.17) is 0 Å². The van der Waals surface area contributed by atoms with E-state index in [-0.39, 0.29) is 0 Å². The molecule has 0 saturated carbocycles. The maximum atomic E-state index is 2.49. The van der Waals surface area contributed by atoms with Crippen molar-refractivity contribution in [3.63, 3.8) is 0 Å². The van der Waals surface area contributed by atoms with E-state index in [2.05, 4.69) is 228 Å². The van der Waals surface area contributed by atoms with Crippen molar-refractivity contribution in [2.24, 2.45) is 0 Å². The van der Waals surface area contributed by atoms with Crippen LogP contribution in [-0.4, -0.2) is 9.13 Å². The van der Waals surface area contributed by atoms with Gasteiger partial charge in [0.05, 0.1) is 27.8 Å². The second-order valence-corrected chi connectivity index (χ2v) is 14.5. The Labute approximate surface area is 325 Å². The standard InChI is InChI=1S/C54H36N2/c1-4-18-37(19-5-1)39-34-35-52-49(36-39)45-27-13-15-33-51(45)56(52)50-32-14-12-26-44(50)42-24-10-11-25-43(42)46-29-17-31-48-47-30-16-28-41(38-20-6-2-7-21-38)53(47)55(54(46)48)40-22-8-3-9-23-40/h1-36H. The zero-order chi connectivity index (χ0) is 37.0. The van der Waals surface area contributed by atoms with Crippen LogP contribution in [0, 0.1) is 0 Å². The molecule has 11 aromatic rings. The van der Waals surface area contributed by atoms with E-state index in [1.807, 2.05) is 0 Å². The predicted octanol–water partition coefficient (Wildman–Crippen LogP) is 14.5. The first-order valence-electron chi connectivity index (χ1n) is 19.3. The van der Waals surface area contributed by atoms with Crippen molar-refractivity contribution in [2.45, 2.75) is 0 Å². The minimum atomic E-state index is 1.14. The largest absolute Gasteiger partial charge is 0.309 e. The molecule has 2 heteroatoms. The quantitative estimate of drug-likeness (QED) is 0.162. The van der Waals surface area contributed by atoms with Crippen LogP contribution in [0.5, 0.6) is 0 Å². The van der Waals surface area contributed by atoms with E-state index in [9.17, 15) is 0 Å². The fourth-order valence-corrected chi connectivity index (χ4v) is 8.91. The Balaban J connectivity index is 1.18. The van der Waals surface area contributed by atoms with Gasteiger partial charge in [0.15, 0.2) is 0 Å². The molecule has 0 atom stereocenters. The van der Waals surface area contributed by atoms with Crippen LogP contribution in [0.2, 0.25) is 0 Å². The maximum absolute atomic E-state index is 2.49. The third-order valence-corrected chi connectivity index (χ3v) is 11.3. The summed E-state index contributed by atoms with van der Waals surface area (Å²) in [6.07, 6.45) is 0. The molecule has 0 unspecified atom stereocenters. The molecule has 9 aromatic carbocycles. The highest BCUT2D eigenvalue weighted by atomic mass is 15.0. The summed E-state index contributed by atoms with van der Waals surface area (Å²) in [6.45, 7) is 0. The second kappa shape index (κ2) is 13.2. The Hall–Kier alpha value is -7.42. The molecule has 262 valence electrons. The summed E-state index contributed by atoms with van der Waals surface area (Å²) in [5, 5.41) is 4.97. The predicted molar refractivity (Wildman–Crippen MR) is 237 cm³/mol. The third-order valence-electron chi connectivity index (χ3n) is 11.3. The van der Waals surface area contributed by atoms with Crippen LogP contribution in [0.1, 0.15) is 0 Å². The summed E-state index contributed by atoms with van der Waals surface area (Å²) >= 11 is 0. The molecule has 11 rings (SSSR count). The summed E-state index contributed by atoms with van der Waals surface area (Å²) in [5.74, 6) is 0. The van der Waals surface area contributed by atoms with Crippen LogP contribution in [0.4, 0.5) is 0 Å². The van der Waals surface area contributed by atoms with Gasteiger partial charge in [-0.2, -0.15) is 0 Å². The summed E-state index contributed by atoms with van der Waals surface area (Å²) in [6, 6.07) is 79.4. The minimum Gasteiger partial charge on any atom is -0.309 e. The maximum Gasteiger partial charge on any atom is 0.0619 e. The van der Waals surface area contributed by atoms with E-state index in [0.29, 0.717) is 0 Å². The van der Waals surface area contributed by atoms with Gasteiger partial charge in [0.1, 0.15) is 0 Å². The fourth-order valence-electron chi connectivity index (χ4n) is 8.91. The van der Waals surface area contributed by atoms with E-state index in [1.54, 1.807) is 0 Å². The average Bonchev–Trinajstić information content (AvgIpc) is 3.80. The van der Waals surface area contributed by atoms with E-state index in [0.717, 1.165) is 11.4 Å². The molecule has 2 aromatic heterocycles. The Morgan fingerprint density at radius 2 is 0.750 bits per heavy atom. The van der Waals surface area contributed by atoms with Crippen LogP contribution in [0.3, 0.4) is 0 Å². The van der Waals surface area contributed by atoms with E-state index >= 15 is 0 Å². The van der Waals surface area contributed by atoms with Gasteiger partial charge in [0, 0.05) is 43.9 Å². The molecule has 56 heavy (non-hydrogen) atoms. The van der Waals surface area contributed by atoms with Crippen molar-refractivity contribution < 1.29 is 0 Å². The van der Waals surface area contributed by atoms with Gasteiger partial charge in [-0.05, 0) is 64.2 Å². The van der Waals surface area contributed by atoms with Crippen LogP contribution >= 0.6 is 0 Å².